The van der Waals surface area contributed by atoms with Crippen molar-refractivity contribution in [3.8, 4) is 22.2 Å². The van der Waals surface area contributed by atoms with Gasteiger partial charge in [0.15, 0.2) is 22.4 Å². The van der Waals surface area contributed by atoms with Gasteiger partial charge in [0.1, 0.15) is 5.82 Å². The molecule has 0 saturated heterocycles. The van der Waals surface area contributed by atoms with E-state index < -0.39 is 0 Å². The molecule has 0 atom stereocenters. The highest BCUT2D eigenvalue weighted by molar-refractivity contribution is 7.21. The Balaban J connectivity index is 1.27. The first-order valence-electron chi connectivity index (χ1n) is 8.97. The first-order chi connectivity index (χ1) is 14.3. The van der Waals surface area contributed by atoms with Gasteiger partial charge in [-0.3, -0.25) is 9.89 Å². The number of carbonyl (C=O) groups is 1. The van der Waals surface area contributed by atoms with E-state index in [-0.39, 0.29) is 18.2 Å². The minimum Gasteiger partial charge on any atom is -0.448 e. The van der Waals surface area contributed by atoms with Crippen LogP contribution in [0.1, 0.15) is 16.4 Å². The Morgan fingerprint density at radius 2 is 1.83 bits per heavy atom. The summed E-state index contributed by atoms with van der Waals surface area (Å²) in [5.74, 6) is 1.63. The molecule has 3 aromatic heterocycles. The number of carbonyl (C=O) groups excluding carboxylic acids is 1. The average molecular weight is 401 g/mol. The minimum absolute atomic E-state index is 0.218. The van der Waals surface area contributed by atoms with Gasteiger partial charge >= 0.3 is 0 Å². The molecule has 0 saturated carbocycles. The normalized spacial score (nSPS) is 11.0. The van der Waals surface area contributed by atoms with Crippen molar-refractivity contribution in [1.82, 2.24) is 25.5 Å². The number of fused-ring (bicyclic) bond motifs is 1. The minimum atomic E-state index is -0.324. The lowest BCUT2D eigenvalue weighted by Gasteiger charge is -1.99. The lowest BCUT2D eigenvalue weighted by molar-refractivity contribution is 0.0923. The molecule has 7 nitrogen and oxygen atoms in total. The summed E-state index contributed by atoms with van der Waals surface area (Å²) < 4.78 is 6.79. The van der Waals surface area contributed by atoms with E-state index in [2.05, 4.69) is 25.5 Å². The maximum absolute atomic E-state index is 12.4. The number of H-pyrrole nitrogens is 1. The van der Waals surface area contributed by atoms with Crippen molar-refractivity contribution in [3.05, 3.63) is 78.3 Å². The number of thiazole rings is 1. The fourth-order valence-electron chi connectivity index (χ4n) is 2.89. The Hall–Kier alpha value is -3.78. The number of aromatic amines is 1. The van der Waals surface area contributed by atoms with E-state index in [1.165, 1.54) is 11.3 Å². The van der Waals surface area contributed by atoms with Crippen LogP contribution in [0.25, 0.3) is 32.4 Å². The van der Waals surface area contributed by atoms with Gasteiger partial charge in [0, 0.05) is 5.56 Å². The molecule has 0 bridgehead atoms. The molecule has 0 aliphatic carbocycles. The van der Waals surface area contributed by atoms with Gasteiger partial charge in [0.05, 0.1) is 16.8 Å². The van der Waals surface area contributed by atoms with Crippen LogP contribution in [0.2, 0.25) is 0 Å². The molecule has 0 aliphatic rings. The molecule has 1 amide bonds. The molecular formula is C21H15N5O2S. The Morgan fingerprint density at radius 1 is 1.00 bits per heavy atom. The number of aromatic nitrogens is 4. The molecule has 0 spiro atoms. The van der Waals surface area contributed by atoms with Crippen molar-refractivity contribution in [1.29, 1.82) is 0 Å². The van der Waals surface area contributed by atoms with Crippen LogP contribution in [0.15, 0.2) is 71.1 Å². The molecule has 0 aliphatic heterocycles. The molecular weight excluding hydrogens is 386 g/mol. The summed E-state index contributed by atoms with van der Waals surface area (Å²) in [5.41, 5.74) is 1.82. The maximum atomic E-state index is 12.4. The first kappa shape index (κ1) is 17.3. The van der Waals surface area contributed by atoms with Crippen molar-refractivity contribution in [2.45, 2.75) is 6.54 Å². The largest absolute Gasteiger partial charge is 0.448 e. The summed E-state index contributed by atoms with van der Waals surface area (Å²) in [4.78, 5) is 21.4. The van der Waals surface area contributed by atoms with Crippen LogP contribution in [0.5, 0.6) is 0 Å². The molecule has 29 heavy (non-hydrogen) atoms. The van der Waals surface area contributed by atoms with Gasteiger partial charge in [0.2, 0.25) is 0 Å². The molecule has 5 aromatic rings. The third kappa shape index (κ3) is 3.53. The van der Waals surface area contributed by atoms with E-state index >= 15 is 0 Å². The van der Waals surface area contributed by atoms with E-state index in [0.717, 1.165) is 20.8 Å². The SMILES string of the molecule is O=C(NCc1nc(-c2ccccc2)n[nH]1)c1ccc(-c2nc3ccccc3s2)o1. The van der Waals surface area contributed by atoms with Crippen molar-refractivity contribution < 1.29 is 9.21 Å². The number of nitrogens with zero attached hydrogens (tertiary/aromatic N) is 3. The van der Waals surface area contributed by atoms with Crippen LogP contribution < -0.4 is 5.32 Å². The number of nitrogens with one attached hydrogen (secondary N) is 2. The summed E-state index contributed by atoms with van der Waals surface area (Å²) in [6.45, 7) is 0.218. The van der Waals surface area contributed by atoms with Gasteiger partial charge in [0.25, 0.3) is 5.91 Å². The van der Waals surface area contributed by atoms with Gasteiger partial charge in [-0.2, -0.15) is 5.10 Å². The van der Waals surface area contributed by atoms with E-state index in [0.29, 0.717) is 17.4 Å². The molecule has 8 heteroatoms. The third-order valence-electron chi connectivity index (χ3n) is 4.31. The summed E-state index contributed by atoms with van der Waals surface area (Å²) in [5, 5.41) is 10.6. The molecule has 2 aromatic carbocycles. The van der Waals surface area contributed by atoms with Gasteiger partial charge < -0.3 is 9.73 Å². The standard InChI is InChI=1S/C21H15N5O2S/c27-20(22-12-18-24-19(26-25-18)13-6-2-1-3-7-13)15-10-11-16(28-15)21-23-14-8-4-5-9-17(14)29-21/h1-11H,12H2,(H,22,27)(H,24,25,26). The average Bonchev–Trinajstić information content (AvgIpc) is 3.51. The van der Waals surface area contributed by atoms with Crippen LogP contribution in [0.4, 0.5) is 0 Å². The number of amides is 1. The summed E-state index contributed by atoms with van der Waals surface area (Å²) in [7, 11) is 0. The van der Waals surface area contributed by atoms with Crippen molar-refractivity contribution in [2.24, 2.45) is 0 Å². The fraction of sp³-hybridized carbons (Fsp3) is 0.0476. The van der Waals surface area contributed by atoms with E-state index in [1.54, 1.807) is 12.1 Å². The molecule has 2 N–H and O–H groups in total. The number of furan rings is 1. The van der Waals surface area contributed by atoms with Gasteiger partial charge in [-0.05, 0) is 24.3 Å². The van der Waals surface area contributed by atoms with E-state index in [1.807, 2.05) is 54.6 Å². The second-order valence-electron chi connectivity index (χ2n) is 6.31. The zero-order valence-corrected chi connectivity index (χ0v) is 15.9. The van der Waals surface area contributed by atoms with Crippen molar-refractivity contribution in [2.75, 3.05) is 0 Å². The maximum Gasteiger partial charge on any atom is 0.287 e. The monoisotopic (exact) mass is 401 g/mol. The quantitative estimate of drug-likeness (QED) is 0.458. The zero-order chi connectivity index (χ0) is 19.6. The molecule has 142 valence electrons. The second-order valence-corrected chi connectivity index (χ2v) is 7.34. The molecule has 0 unspecified atom stereocenters. The van der Waals surface area contributed by atoms with Gasteiger partial charge in [-0.25, -0.2) is 9.97 Å². The van der Waals surface area contributed by atoms with Crippen LogP contribution in [0.3, 0.4) is 0 Å². The van der Waals surface area contributed by atoms with Crippen LogP contribution >= 0.6 is 11.3 Å². The predicted octanol–water partition coefficient (Wildman–Crippen LogP) is 4.27. The van der Waals surface area contributed by atoms with Crippen molar-refractivity contribution in [3.63, 3.8) is 0 Å². The highest BCUT2D eigenvalue weighted by Gasteiger charge is 2.15. The molecule has 0 fully saturated rings. The van der Waals surface area contributed by atoms with E-state index in [9.17, 15) is 4.79 Å². The Bertz CT molecular complexity index is 1260. The van der Waals surface area contributed by atoms with Gasteiger partial charge in [-0.15, -0.1) is 11.3 Å². The predicted molar refractivity (Wildman–Crippen MR) is 110 cm³/mol. The summed E-state index contributed by atoms with van der Waals surface area (Å²) in [6, 6.07) is 20.9. The number of benzene rings is 2. The van der Waals surface area contributed by atoms with E-state index in [4.69, 9.17) is 4.42 Å². The smallest absolute Gasteiger partial charge is 0.287 e. The van der Waals surface area contributed by atoms with Crippen LogP contribution in [-0.4, -0.2) is 26.1 Å². The van der Waals surface area contributed by atoms with Gasteiger partial charge in [-0.1, -0.05) is 42.5 Å². The van der Waals surface area contributed by atoms with Crippen molar-refractivity contribution >= 4 is 27.5 Å². The lowest BCUT2D eigenvalue weighted by atomic mass is 10.2. The molecule has 0 radical (unpaired) electrons. The number of hydrogen-bond donors (Lipinski definition) is 2. The zero-order valence-electron chi connectivity index (χ0n) is 15.1. The third-order valence-corrected chi connectivity index (χ3v) is 5.37. The first-order valence-corrected chi connectivity index (χ1v) is 9.78. The summed E-state index contributed by atoms with van der Waals surface area (Å²) in [6.07, 6.45) is 0. The topological polar surface area (TPSA) is 96.7 Å². The lowest BCUT2D eigenvalue weighted by Crippen LogP contribution is -2.22. The number of rotatable bonds is 5. The number of para-hydroxylation sites is 1. The Kier molecular flexibility index (Phi) is 4.38. The molecule has 5 rings (SSSR count). The van der Waals surface area contributed by atoms with Crippen LogP contribution in [-0.2, 0) is 6.54 Å². The van der Waals surface area contributed by atoms with Crippen LogP contribution in [0, 0.1) is 0 Å². The fourth-order valence-corrected chi connectivity index (χ4v) is 3.82. The summed E-state index contributed by atoms with van der Waals surface area (Å²) >= 11 is 1.53. The highest BCUT2D eigenvalue weighted by Crippen LogP contribution is 2.31. The molecule has 3 heterocycles. The number of hydrogen-bond acceptors (Lipinski definition) is 6. The Labute approximate surface area is 169 Å². The highest BCUT2D eigenvalue weighted by atomic mass is 32.1. The second kappa shape index (κ2) is 7.33. The Morgan fingerprint density at radius 3 is 2.69 bits per heavy atom.